The fourth-order valence-electron chi connectivity index (χ4n) is 2.58. The minimum Gasteiger partial charge on any atom is -0.497 e. The van der Waals surface area contributed by atoms with E-state index in [0.717, 1.165) is 0 Å². The van der Waals surface area contributed by atoms with Crippen LogP contribution < -0.4 is 15.0 Å². The number of nitrogens with one attached hydrogen (secondary N) is 1. The molecule has 2 amide bonds. The number of furan rings is 1. The molecule has 8 nitrogen and oxygen atoms in total. The SMILES string of the molecule is COc1ccc(N(C(C)=O)c2nc(/C=C(\C#N)C(=O)NCc3ccco3)cs2)cc1. The van der Waals surface area contributed by atoms with E-state index in [9.17, 15) is 14.9 Å². The number of aromatic nitrogens is 1. The molecule has 1 aromatic carbocycles. The van der Waals surface area contributed by atoms with Gasteiger partial charge in [0.2, 0.25) is 5.91 Å². The van der Waals surface area contributed by atoms with Crippen molar-refractivity contribution in [1.29, 1.82) is 5.26 Å². The number of methoxy groups -OCH3 is 1. The van der Waals surface area contributed by atoms with Crippen molar-refractivity contribution in [3.63, 3.8) is 0 Å². The van der Waals surface area contributed by atoms with E-state index in [2.05, 4.69) is 10.3 Å². The second-order valence-electron chi connectivity index (χ2n) is 6.04. The topological polar surface area (TPSA) is 108 Å². The second-order valence-corrected chi connectivity index (χ2v) is 6.88. The number of benzene rings is 1. The molecule has 0 aliphatic heterocycles. The summed E-state index contributed by atoms with van der Waals surface area (Å²) < 4.78 is 10.3. The number of amides is 2. The Bertz CT molecular complexity index is 1090. The van der Waals surface area contributed by atoms with Crippen molar-refractivity contribution in [3.05, 3.63) is 65.1 Å². The van der Waals surface area contributed by atoms with E-state index in [-0.39, 0.29) is 18.0 Å². The number of thiazole rings is 1. The first-order valence-electron chi connectivity index (χ1n) is 8.84. The molecular formula is C21H18N4O4S. The van der Waals surface area contributed by atoms with Gasteiger partial charge in [0, 0.05) is 12.3 Å². The van der Waals surface area contributed by atoms with Crippen molar-refractivity contribution in [3.8, 4) is 11.8 Å². The van der Waals surface area contributed by atoms with Crippen molar-refractivity contribution in [2.24, 2.45) is 0 Å². The van der Waals surface area contributed by atoms with Crippen LogP contribution in [0.15, 0.2) is 58.0 Å². The van der Waals surface area contributed by atoms with Crippen LogP contribution in [-0.2, 0) is 16.1 Å². The van der Waals surface area contributed by atoms with Crippen molar-refractivity contribution < 1.29 is 18.7 Å². The monoisotopic (exact) mass is 422 g/mol. The minimum atomic E-state index is -0.540. The highest BCUT2D eigenvalue weighted by molar-refractivity contribution is 7.14. The predicted octanol–water partition coefficient (Wildman–Crippen LogP) is 3.65. The molecule has 0 aliphatic rings. The lowest BCUT2D eigenvalue weighted by atomic mass is 10.2. The second kappa shape index (κ2) is 9.54. The van der Waals surface area contributed by atoms with Crippen LogP contribution in [-0.4, -0.2) is 23.9 Å². The number of hydrogen-bond acceptors (Lipinski definition) is 7. The molecule has 2 heterocycles. The number of nitrogens with zero attached hydrogens (tertiary/aromatic N) is 3. The Kier molecular flexibility index (Phi) is 6.62. The summed E-state index contributed by atoms with van der Waals surface area (Å²) in [5, 5.41) is 14.1. The van der Waals surface area contributed by atoms with Gasteiger partial charge in [-0.15, -0.1) is 11.3 Å². The first kappa shape index (κ1) is 20.8. The van der Waals surface area contributed by atoms with Crippen LogP contribution in [0.25, 0.3) is 6.08 Å². The summed E-state index contributed by atoms with van der Waals surface area (Å²) in [6, 6.07) is 12.3. The number of anilines is 2. The molecule has 3 rings (SSSR count). The first-order valence-corrected chi connectivity index (χ1v) is 9.72. The Morgan fingerprint density at radius 3 is 2.70 bits per heavy atom. The van der Waals surface area contributed by atoms with Gasteiger partial charge >= 0.3 is 0 Å². The summed E-state index contributed by atoms with van der Waals surface area (Å²) in [6.45, 7) is 1.60. The summed E-state index contributed by atoms with van der Waals surface area (Å²) in [7, 11) is 1.56. The van der Waals surface area contributed by atoms with Gasteiger partial charge in [-0.25, -0.2) is 4.98 Å². The number of carbonyl (C=O) groups is 2. The summed E-state index contributed by atoms with van der Waals surface area (Å²) in [4.78, 5) is 30.3. The van der Waals surface area contributed by atoms with Gasteiger partial charge in [-0.3, -0.25) is 14.5 Å². The van der Waals surface area contributed by atoms with Gasteiger partial charge < -0.3 is 14.5 Å². The van der Waals surface area contributed by atoms with Crippen molar-refractivity contribution in [2.45, 2.75) is 13.5 Å². The summed E-state index contributed by atoms with van der Waals surface area (Å²) in [5.41, 5.74) is 0.932. The van der Waals surface area contributed by atoms with Crippen LogP contribution in [0, 0.1) is 11.3 Å². The number of rotatable bonds is 7. The molecular weight excluding hydrogens is 404 g/mol. The van der Waals surface area contributed by atoms with Gasteiger partial charge in [0.1, 0.15) is 23.2 Å². The molecule has 0 saturated carbocycles. The third-order valence-electron chi connectivity index (χ3n) is 4.01. The predicted molar refractivity (Wildman–Crippen MR) is 112 cm³/mol. The van der Waals surface area contributed by atoms with E-state index in [4.69, 9.17) is 9.15 Å². The maximum absolute atomic E-state index is 12.3. The molecule has 0 aliphatic carbocycles. The van der Waals surface area contributed by atoms with Gasteiger partial charge in [-0.1, -0.05) is 0 Å². The van der Waals surface area contributed by atoms with Gasteiger partial charge in [0.25, 0.3) is 5.91 Å². The summed E-state index contributed by atoms with van der Waals surface area (Å²) >= 11 is 1.23. The number of hydrogen-bond donors (Lipinski definition) is 1. The molecule has 0 saturated heterocycles. The van der Waals surface area contributed by atoms with Gasteiger partial charge in [0.05, 0.1) is 31.3 Å². The van der Waals surface area contributed by atoms with Crippen molar-refractivity contribution in [1.82, 2.24) is 10.3 Å². The van der Waals surface area contributed by atoms with Crippen LogP contribution in [0.5, 0.6) is 5.75 Å². The lowest BCUT2D eigenvalue weighted by Crippen LogP contribution is -2.23. The highest BCUT2D eigenvalue weighted by Crippen LogP contribution is 2.30. The summed E-state index contributed by atoms with van der Waals surface area (Å²) in [5.74, 6) is 0.487. The Labute approximate surface area is 177 Å². The normalized spacial score (nSPS) is 10.9. The Balaban J connectivity index is 1.79. The third-order valence-corrected chi connectivity index (χ3v) is 4.85. The molecule has 0 atom stereocenters. The molecule has 0 bridgehead atoms. The minimum absolute atomic E-state index is 0.0998. The largest absolute Gasteiger partial charge is 0.497 e. The van der Waals surface area contributed by atoms with Crippen LogP contribution in [0.3, 0.4) is 0 Å². The zero-order chi connectivity index (χ0) is 21.5. The fourth-order valence-corrected chi connectivity index (χ4v) is 3.42. The average molecular weight is 422 g/mol. The van der Waals surface area contributed by atoms with Crippen molar-refractivity contribution in [2.75, 3.05) is 12.0 Å². The van der Waals surface area contributed by atoms with Gasteiger partial charge in [-0.05, 0) is 42.5 Å². The summed E-state index contributed by atoms with van der Waals surface area (Å²) in [6.07, 6.45) is 2.88. The zero-order valence-electron chi connectivity index (χ0n) is 16.3. The van der Waals surface area contributed by atoms with E-state index >= 15 is 0 Å². The van der Waals surface area contributed by atoms with E-state index in [1.807, 2.05) is 6.07 Å². The molecule has 0 fully saturated rings. The molecule has 9 heteroatoms. The van der Waals surface area contributed by atoms with Crippen LogP contribution in [0.2, 0.25) is 0 Å². The highest BCUT2D eigenvalue weighted by Gasteiger charge is 2.18. The molecule has 0 spiro atoms. The van der Waals surface area contributed by atoms with E-state index in [1.54, 1.807) is 48.9 Å². The Morgan fingerprint density at radius 1 is 1.33 bits per heavy atom. The van der Waals surface area contributed by atoms with Crippen LogP contribution >= 0.6 is 11.3 Å². The smallest absolute Gasteiger partial charge is 0.262 e. The number of carbonyl (C=O) groups excluding carboxylic acids is 2. The molecule has 152 valence electrons. The standard InChI is InChI=1S/C21H18N4O4S/c1-14(26)25(17-5-7-18(28-2)8-6-17)21-24-16(13-30-21)10-15(11-22)20(27)23-12-19-4-3-9-29-19/h3-10,13H,12H2,1-2H3,(H,23,27)/b15-10+. The lowest BCUT2D eigenvalue weighted by Gasteiger charge is -2.18. The number of ether oxygens (including phenoxy) is 1. The highest BCUT2D eigenvalue weighted by atomic mass is 32.1. The maximum Gasteiger partial charge on any atom is 0.262 e. The Morgan fingerprint density at radius 2 is 2.10 bits per heavy atom. The quantitative estimate of drug-likeness (QED) is 0.460. The number of nitriles is 1. The van der Waals surface area contributed by atoms with E-state index in [0.29, 0.717) is 28.0 Å². The average Bonchev–Trinajstić information content (AvgIpc) is 3.43. The molecule has 2 aromatic heterocycles. The zero-order valence-corrected chi connectivity index (χ0v) is 17.1. The molecule has 0 radical (unpaired) electrons. The molecule has 1 N–H and O–H groups in total. The Hall–Kier alpha value is -3.90. The third kappa shape index (κ3) is 4.92. The van der Waals surface area contributed by atoms with Gasteiger partial charge in [-0.2, -0.15) is 5.26 Å². The first-order chi connectivity index (χ1) is 14.5. The van der Waals surface area contributed by atoms with E-state index in [1.165, 1.54) is 35.5 Å². The lowest BCUT2D eigenvalue weighted by molar-refractivity contribution is -0.117. The maximum atomic E-state index is 12.3. The molecule has 0 unspecified atom stereocenters. The molecule has 30 heavy (non-hydrogen) atoms. The van der Waals surface area contributed by atoms with Crippen molar-refractivity contribution >= 4 is 40.0 Å². The van der Waals surface area contributed by atoms with Crippen LogP contribution in [0.4, 0.5) is 10.8 Å². The van der Waals surface area contributed by atoms with Gasteiger partial charge in [0.15, 0.2) is 5.13 Å². The van der Waals surface area contributed by atoms with Crippen LogP contribution in [0.1, 0.15) is 18.4 Å². The fraction of sp³-hybridized carbons (Fsp3) is 0.143. The molecule has 3 aromatic rings. The van der Waals surface area contributed by atoms with E-state index < -0.39 is 5.91 Å².